The molecule has 2 N–H and O–H groups in total. The van der Waals surface area contributed by atoms with Crippen LogP contribution in [0, 0.1) is 0 Å². The van der Waals surface area contributed by atoms with Gasteiger partial charge in [0, 0.05) is 6.04 Å². The zero-order valence-electron chi connectivity index (χ0n) is 8.60. The van der Waals surface area contributed by atoms with Crippen molar-refractivity contribution in [3.05, 3.63) is 35.9 Å². The van der Waals surface area contributed by atoms with Crippen molar-refractivity contribution in [1.29, 1.82) is 0 Å². The minimum Gasteiger partial charge on any atom is -0.387 e. The Morgan fingerprint density at radius 2 is 1.86 bits per heavy atom. The molecule has 0 saturated heterocycles. The molecule has 1 aromatic carbocycles. The Hall–Kier alpha value is -0.570. The van der Waals surface area contributed by atoms with Crippen molar-refractivity contribution < 1.29 is 5.11 Å². The zero-order valence-corrected chi connectivity index (χ0v) is 9.42. The van der Waals surface area contributed by atoms with Crippen LogP contribution in [0.15, 0.2) is 30.3 Å². The first-order valence-corrected chi connectivity index (χ1v) is 4.69. The molecule has 1 rings (SSSR count). The van der Waals surface area contributed by atoms with E-state index in [0.717, 1.165) is 12.0 Å². The van der Waals surface area contributed by atoms with Gasteiger partial charge in [-0.15, -0.1) is 12.4 Å². The molecular weight excluding hydrogens is 198 g/mol. The van der Waals surface area contributed by atoms with Gasteiger partial charge >= 0.3 is 0 Å². The van der Waals surface area contributed by atoms with E-state index in [1.807, 2.05) is 37.4 Å². The Bertz CT molecular complexity index is 236. The standard InChI is InChI=1S/C11H17NO.ClH/c1-3-10(12-2)11(13)9-7-5-4-6-8-9;/h4-8,10-13H,3H2,1-2H3;1H/t10-,11+;/m1./s1. The molecule has 0 spiro atoms. The fourth-order valence-electron chi connectivity index (χ4n) is 1.47. The van der Waals surface area contributed by atoms with Crippen LogP contribution in [-0.4, -0.2) is 18.2 Å². The van der Waals surface area contributed by atoms with Crippen LogP contribution in [0.1, 0.15) is 25.0 Å². The number of aliphatic hydroxyl groups excluding tert-OH is 1. The number of aliphatic hydroxyl groups is 1. The molecule has 80 valence electrons. The first-order valence-electron chi connectivity index (χ1n) is 4.69. The molecule has 1 aromatic rings. The van der Waals surface area contributed by atoms with E-state index < -0.39 is 6.10 Å². The minimum absolute atomic E-state index is 0. The fraction of sp³-hybridized carbons (Fsp3) is 0.455. The van der Waals surface area contributed by atoms with Gasteiger partial charge in [-0.25, -0.2) is 0 Å². The Labute approximate surface area is 91.8 Å². The molecule has 0 bridgehead atoms. The van der Waals surface area contributed by atoms with E-state index in [0.29, 0.717) is 0 Å². The lowest BCUT2D eigenvalue weighted by Gasteiger charge is -2.21. The molecule has 0 amide bonds. The molecular formula is C11H18ClNO. The lowest BCUT2D eigenvalue weighted by molar-refractivity contribution is 0.130. The second-order valence-electron chi connectivity index (χ2n) is 3.16. The minimum atomic E-state index is -0.406. The molecule has 0 fully saturated rings. The lowest BCUT2D eigenvalue weighted by atomic mass is 10.0. The Morgan fingerprint density at radius 1 is 1.29 bits per heavy atom. The van der Waals surface area contributed by atoms with Gasteiger partial charge < -0.3 is 10.4 Å². The Kier molecular flexibility index (Phi) is 6.54. The molecule has 0 radical (unpaired) electrons. The van der Waals surface area contributed by atoms with Gasteiger partial charge in [-0.1, -0.05) is 37.3 Å². The average Bonchev–Trinajstić information content (AvgIpc) is 2.21. The summed E-state index contributed by atoms with van der Waals surface area (Å²) in [7, 11) is 1.88. The number of rotatable bonds is 4. The number of halogens is 1. The van der Waals surface area contributed by atoms with Crippen LogP contribution >= 0.6 is 12.4 Å². The second kappa shape index (κ2) is 6.82. The first kappa shape index (κ1) is 13.4. The van der Waals surface area contributed by atoms with Crippen molar-refractivity contribution >= 4 is 12.4 Å². The Morgan fingerprint density at radius 3 is 2.29 bits per heavy atom. The summed E-state index contributed by atoms with van der Waals surface area (Å²) >= 11 is 0. The monoisotopic (exact) mass is 215 g/mol. The predicted octanol–water partition coefficient (Wildman–Crippen LogP) is 2.14. The van der Waals surface area contributed by atoms with Crippen LogP contribution < -0.4 is 5.32 Å². The van der Waals surface area contributed by atoms with Crippen molar-refractivity contribution in [3.8, 4) is 0 Å². The maximum Gasteiger partial charge on any atom is 0.0942 e. The number of benzene rings is 1. The largest absolute Gasteiger partial charge is 0.387 e. The summed E-state index contributed by atoms with van der Waals surface area (Å²) in [5, 5.41) is 13.0. The van der Waals surface area contributed by atoms with Gasteiger partial charge in [0.1, 0.15) is 0 Å². The smallest absolute Gasteiger partial charge is 0.0942 e. The molecule has 2 atom stereocenters. The normalized spacial score (nSPS) is 14.2. The SMILES string of the molecule is CC[C@@H](NC)[C@@H](O)c1ccccc1.Cl. The van der Waals surface area contributed by atoms with E-state index in [1.165, 1.54) is 0 Å². The van der Waals surface area contributed by atoms with Crippen molar-refractivity contribution in [2.45, 2.75) is 25.5 Å². The van der Waals surface area contributed by atoms with Crippen molar-refractivity contribution in [2.24, 2.45) is 0 Å². The summed E-state index contributed by atoms with van der Waals surface area (Å²) in [6.45, 7) is 2.06. The molecule has 0 aliphatic carbocycles. The topological polar surface area (TPSA) is 32.3 Å². The first-order chi connectivity index (χ1) is 6.29. The highest BCUT2D eigenvalue weighted by Crippen LogP contribution is 2.17. The Balaban J connectivity index is 0.00000169. The maximum absolute atomic E-state index is 9.92. The summed E-state index contributed by atoms with van der Waals surface area (Å²) < 4.78 is 0. The second-order valence-corrected chi connectivity index (χ2v) is 3.16. The quantitative estimate of drug-likeness (QED) is 0.807. The van der Waals surface area contributed by atoms with Crippen LogP contribution in [0.2, 0.25) is 0 Å². The maximum atomic E-state index is 9.92. The van der Waals surface area contributed by atoms with E-state index in [9.17, 15) is 5.11 Å². The van der Waals surface area contributed by atoms with Gasteiger partial charge in [0.15, 0.2) is 0 Å². The number of hydrogen-bond acceptors (Lipinski definition) is 2. The van der Waals surface area contributed by atoms with Gasteiger partial charge in [0.25, 0.3) is 0 Å². The van der Waals surface area contributed by atoms with E-state index in [2.05, 4.69) is 12.2 Å². The van der Waals surface area contributed by atoms with Gasteiger partial charge in [-0.3, -0.25) is 0 Å². The van der Waals surface area contributed by atoms with Crippen molar-refractivity contribution in [3.63, 3.8) is 0 Å². The number of nitrogens with one attached hydrogen (secondary N) is 1. The summed E-state index contributed by atoms with van der Waals surface area (Å²) in [6, 6.07) is 9.88. The van der Waals surface area contributed by atoms with Crippen LogP contribution in [0.25, 0.3) is 0 Å². The van der Waals surface area contributed by atoms with Crippen LogP contribution in [-0.2, 0) is 0 Å². The summed E-state index contributed by atoms with van der Waals surface area (Å²) in [6.07, 6.45) is 0.517. The van der Waals surface area contributed by atoms with E-state index in [4.69, 9.17) is 0 Å². The highest BCUT2D eigenvalue weighted by Gasteiger charge is 2.16. The third kappa shape index (κ3) is 3.29. The molecule has 0 unspecified atom stereocenters. The number of hydrogen-bond donors (Lipinski definition) is 2. The van der Waals surface area contributed by atoms with Gasteiger partial charge in [-0.2, -0.15) is 0 Å². The van der Waals surface area contributed by atoms with Crippen LogP contribution in [0.3, 0.4) is 0 Å². The average molecular weight is 216 g/mol. The van der Waals surface area contributed by atoms with Gasteiger partial charge in [0.05, 0.1) is 6.10 Å². The highest BCUT2D eigenvalue weighted by molar-refractivity contribution is 5.85. The molecule has 0 aromatic heterocycles. The predicted molar refractivity (Wildman–Crippen MR) is 61.8 cm³/mol. The van der Waals surface area contributed by atoms with Gasteiger partial charge in [0.2, 0.25) is 0 Å². The van der Waals surface area contributed by atoms with E-state index in [-0.39, 0.29) is 18.4 Å². The molecule has 3 heteroatoms. The molecule has 0 aliphatic heterocycles. The van der Waals surface area contributed by atoms with Crippen LogP contribution in [0.5, 0.6) is 0 Å². The molecule has 0 saturated carbocycles. The summed E-state index contributed by atoms with van der Waals surface area (Å²) in [5.74, 6) is 0. The molecule has 0 heterocycles. The van der Waals surface area contributed by atoms with Gasteiger partial charge in [-0.05, 0) is 19.0 Å². The summed E-state index contributed by atoms with van der Waals surface area (Å²) in [5.41, 5.74) is 0.976. The van der Waals surface area contributed by atoms with Crippen molar-refractivity contribution in [1.82, 2.24) is 5.32 Å². The third-order valence-electron chi connectivity index (χ3n) is 2.33. The van der Waals surface area contributed by atoms with E-state index >= 15 is 0 Å². The van der Waals surface area contributed by atoms with Crippen molar-refractivity contribution in [2.75, 3.05) is 7.05 Å². The van der Waals surface area contributed by atoms with E-state index in [1.54, 1.807) is 0 Å². The zero-order chi connectivity index (χ0) is 9.68. The number of likely N-dealkylation sites (N-methyl/N-ethyl adjacent to an activating group) is 1. The fourth-order valence-corrected chi connectivity index (χ4v) is 1.47. The lowest BCUT2D eigenvalue weighted by Crippen LogP contribution is -2.31. The molecule has 2 nitrogen and oxygen atoms in total. The third-order valence-corrected chi connectivity index (χ3v) is 2.33. The molecule has 0 aliphatic rings. The van der Waals surface area contributed by atoms with Crippen LogP contribution in [0.4, 0.5) is 0 Å². The summed E-state index contributed by atoms with van der Waals surface area (Å²) in [4.78, 5) is 0. The molecule has 14 heavy (non-hydrogen) atoms. The highest BCUT2D eigenvalue weighted by atomic mass is 35.5.